The highest BCUT2D eigenvalue weighted by Gasteiger charge is 2.25. The number of rotatable bonds is 5. The Balaban J connectivity index is 1.94. The fraction of sp³-hybridized carbons (Fsp3) is 0.200. The second-order valence-corrected chi connectivity index (χ2v) is 9.11. The first-order chi connectivity index (χ1) is 16.6. The standard InChI is InChI=1S/C30H31NO4/c1-17-10-12-19(3)27(32)25(17)31(26-18(2)11-13-20(4)28(26)33)23-8-7-9-24(16-23)35-30-22(6)15-14-21(5)29(30)34/h7-16,32-34H,1-6H3. The van der Waals surface area contributed by atoms with E-state index >= 15 is 0 Å². The minimum atomic E-state index is 0.103. The Hall–Kier alpha value is -4.12. The third-order valence-corrected chi connectivity index (χ3v) is 6.38. The molecule has 0 saturated carbocycles. The van der Waals surface area contributed by atoms with Crippen LogP contribution in [0.3, 0.4) is 0 Å². The lowest BCUT2D eigenvalue weighted by atomic mass is 10.0. The number of phenolic OH excluding ortho intramolecular Hbond substituents is 3. The van der Waals surface area contributed by atoms with E-state index in [1.807, 2.05) is 107 Å². The number of aryl methyl sites for hydroxylation is 6. The number of phenols is 3. The van der Waals surface area contributed by atoms with E-state index in [9.17, 15) is 15.3 Å². The fourth-order valence-corrected chi connectivity index (χ4v) is 4.20. The third kappa shape index (κ3) is 4.37. The van der Waals surface area contributed by atoms with Gasteiger partial charge in [-0.2, -0.15) is 0 Å². The summed E-state index contributed by atoms with van der Waals surface area (Å²) in [7, 11) is 0. The van der Waals surface area contributed by atoms with Crippen molar-refractivity contribution in [1.29, 1.82) is 0 Å². The average molecular weight is 470 g/mol. The van der Waals surface area contributed by atoms with Gasteiger partial charge in [0.2, 0.25) is 0 Å². The van der Waals surface area contributed by atoms with E-state index in [4.69, 9.17) is 4.74 Å². The predicted octanol–water partition coefficient (Wildman–Crippen LogP) is 7.92. The molecule has 0 spiro atoms. The highest BCUT2D eigenvalue weighted by Crippen LogP contribution is 2.49. The second-order valence-electron chi connectivity index (χ2n) is 9.11. The summed E-state index contributed by atoms with van der Waals surface area (Å²) in [5.41, 5.74) is 6.57. The van der Waals surface area contributed by atoms with Crippen LogP contribution in [0.2, 0.25) is 0 Å². The Bertz CT molecular complexity index is 1370. The van der Waals surface area contributed by atoms with Crippen molar-refractivity contribution < 1.29 is 20.1 Å². The number of anilines is 3. The zero-order valence-electron chi connectivity index (χ0n) is 21.0. The van der Waals surface area contributed by atoms with Crippen molar-refractivity contribution in [3.05, 3.63) is 94.0 Å². The van der Waals surface area contributed by atoms with Crippen molar-refractivity contribution in [2.45, 2.75) is 41.5 Å². The third-order valence-electron chi connectivity index (χ3n) is 6.38. The summed E-state index contributed by atoms with van der Waals surface area (Å²) in [6.07, 6.45) is 0. The van der Waals surface area contributed by atoms with E-state index in [0.717, 1.165) is 33.4 Å². The first kappa shape index (κ1) is 24.0. The second kappa shape index (κ2) is 9.26. The molecule has 0 fully saturated rings. The molecule has 180 valence electrons. The summed E-state index contributed by atoms with van der Waals surface area (Å²) in [5, 5.41) is 32.9. The van der Waals surface area contributed by atoms with Crippen LogP contribution in [0.15, 0.2) is 60.7 Å². The monoisotopic (exact) mass is 469 g/mol. The molecule has 4 aromatic carbocycles. The summed E-state index contributed by atoms with van der Waals surface area (Å²) in [4.78, 5) is 1.87. The number of aromatic hydroxyl groups is 3. The van der Waals surface area contributed by atoms with E-state index in [-0.39, 0.29) is 17.2 Å². The molecule has 0 aliphatic rings. The van der Waals surface area contributed by atoms with Crippen molar-refractivity contribution in [2.24, 2.45) is 0 Å². The molecule has 5 heteroatoms. The lowest BCUT2D eigenvalue weighted by Crippen LogP contribution is -2.14. The van der Waals surface area contributed by atoms with Crippen molar-refractivity contribution in [3.8, 4) is 28.7 Å². The topological polar surface area (TPSA) is 73.2 Å². The van der Waals surface area contributed by atoms with Gasteiger partial charge in [0.15, 0.2) is 11.5 Å². The molecule has 3 N–H and O–H groups in total. The van der Waals surface area contributed by atoms with E-state index < -0.39 is 0 Å². The van der Waals surface area contributed by atoms with Gasteiger partial charge >= 0.3 is 0 Å². The maximum atomic E-state index is 11.1. The molecule has 4 aromatic rings. The lowest BCUT2D eigenvalue weighted by Gasteiger charge is -2.30. The van der Waals surface area contributed by atoms with Gasteiger partial charge in [-0.3, -0.25) is 0 Å². The molecule has 4 rings (SSSR count). The molecule has 0 aliphatic carbocycles. The first-order valence-corrected chi connectivity index (χ1v) is 11.6. The summed E-state index contributed by atoms with van der Waals surface area (Å²) in [5.74, 6) is 1.31. The largest absolute Gasteiger partial charge is 0.505 e. The Labute approximate surface area is 206 Å². The molecular formula is C30H31NO4. The first-order valence-electron chi connectivity index (χ1n) is 11.6. The van der Waals surface area contributed by atoms with Gasteiger partial charge in [-0.05, 0) is 87.1 Å². The summed E-state index contributed by atoms with van der Waals surface area (Å²) >= 11 is 0. The Morgan fingerprint density at radius 3 is 1.54 bits per heavy atom. The van der Waals surface area contributed by atoms with Crippen molar-refractivity contribution >= 4 is 17.1 Å². The van der Waals surface area contributed by atoms with Gasteiger partial charge in [-0.15, -0.1) is 0 Å². The van der Waals surface area contributed by atoms with Crippen LogP contribution in [0.5, 0.6) is 28.7 Å². The van der Waals surface area contributed by atoms with E-state index in [1.165, 1.54) is 0 Å². The minimum Gasteiger partial charge on any atom is -0.505 e. The molecule has 35 heavy (non-hydrogen) atoms. The van der Waals surface area contributed by atoms with E-state index in [2.05, 4.69) is 0 Å². The molecule has 0 heterocycles. The molecule has 0 bridgehead atoms. The molecule has 5 nitrogen and oxygen atoms in total. The van der Waals surface area contributed by atoms with Crippen molar-refractivity contribution in [1.82, 2.24) is 0 Å². The van der Waals surface area contributed by atoms with E-state index in [1.54, 1.807) is 0 Å². The van der Waals surface area contributed by atoms with Gasteiger partial charge in [-0.1, -0.05) is 42.5 Å². The van der Waals surface area contributed by atoms with Gasteiger partial charge in [0.1, 0.15) is 17.2 Å². The van der Waals surface area contributed by atoms with Gasteiger partial charge in [-0.25, -0.2) is 0 Å². The summed E-state index contributed by atoms with van der Waals surface area (Å²) in [6, 6.07) is 18.8. The molecule has 0 aliphatic heterocycles. The van der Waals surface area contributed by atoms with Gasteiger partial charge < -0.3 is 25.0 Å². The number of ether oxygens (including phenoxy) is 1. The zero-order chi connectivity index (χ0) is 25.4. The van der Waals surface area contributed by atoms with Crippen LogP contribution in [-0.4, -0.2) is 15.3 Å². The molecular weight excluding hydrogens is 438 g/mol. The average Bonchev–Trinajstić information content (AvgIpc) is 2.83. The van der Waals surface area contributed by atoms with Crippen LogP contribution in [0, 0.1) is 41.5 Å². The maximum absolute atomic E-state index is 11.1. The molecule has 0 amide bonds. The summed E-state index contributed by atoms with van der Waals surface area (Å²) < 4.78 is 6.15. The Morgan fingerprint density at radius 1 is 0.543 bits per heavy atom. The zero-order valence-corrected chi connectivity index (χ0v) is 21.0. The Kier molecular flexibility index (Phi) is 6.35. The fourth-order valence-electron chi connectivity index (χ4n) is 4.20. The quantitative estimate of drug-likeness (QED) is 0.277. The minimum absolute atomic E-state index is 0.103. The maximum Gasteiger partial charge on any atom is 0.172 e. The van der Waals surface area contributed by atoms with Crippen molar-refractivity contribution in [2.75, 3.05) is 4.90 Å². The number of benzene rings is 4. The molecule has 0 radical (unpaired) electrons. The number of nitrogens with zero attached hydrogens (tertiary/aromatic N) is 1. The highest BCUT2D eigenvalue weighted by atomic mass is 16.5. The van der Waals surface area contributed by atoms with Crippen LogP contribution < -0.4 is 9.64 Å². The highest BCUT2D eigenvalue weighted by molar-refractivity contribution is 5.87. The van der Waals surface area contributed by atoms with Gasteiger partial charge in [0.05, 0.1) is 17.1 Å². The van der Waals surface area contributed by atoms with Gasteiger partial charge in [0, 0.05) is 6.07 Å². The van der Waals surface area contributed by atoms with Crippen LogP contribution >= 0.6 is 0 Å². The molecule has 0 unspecified atom stereocenters. The molecule has 0 atom stereocenters. The number of hydrogen-bond donors (Lipinski definition) is 3. The normalized spacial score (nSPS) is 10.9. The van der Waals surface area contributed by atoms with Crippen LogP contribution in [0.25, 0.3) is 0 Å². The lowest BCUT2D eigenvalue weighted by molar-refractivity contribution is 0.406. The number of hydrogen-bond acceptors (Lipinski definition) is 5. The van der Waals surface area contributed by atoms with Crippen molar-refractivity contribution in [3.63, 3.8) is 0 Å². The predicted molar refractivity (Wildman–Crippen MR) is 141 cm³/mol. The molecule has 0 saturated heterocycles. The van der Waals surface area contributed by atoms with Gasteiger partial charge in [0.25, 0.3) is 0 Å². The Morgan fingerprint density at radius 2 is 1.00 bits per heavy atom. The smallest absolute Gasteiger partial charge is 0.172 e. The SMILES string of the molecule is Cc1ccc(C)c(Oc2cccc(N(c3c(C)ccc(C)c3O)c3c(C)ccc(C)c3O)c2)c1O. The van der Waals surface area contributed by atoms with Crippen LogP contribution in [-0.2, 0) is 0 Å². The summed E-state index contributed by atoms with van der Waals surface area (Å²) in [6.45, 7) is 11.3. The van der Waals surface area contributed by atoms with E-state index in [0.29, 0.717) is 28.6 Å². The van der Waals surface area contributed by atoms with Crippen LogP contribution in [0.4, 0.5) is 17.1 Å². The van der Waals surface area contributed by atoms with Crippen LogP contribution in [0.1, 0.15) is 33.4 Å². The molecule has 0 aromatic heterocycles.